The average molecular weight is 1000 g/mol. The first-order valence-electron chi connectivity index (χ1n) is 20.3. The normalized spacial score (nSPS) is 18.2. The number of hydrogen-bond acceptors (Lipinski definition) is 13. The SMILES string of the molecule is CC1(C)C(/C=C/C2=C(c3cccc(C(=O)O)c3)C(=C/C=C3/N(CCCCS(=O)(=O)[O-])c4ccc(S(=O)(=O)[O-])cc4C3(C)C)/CC2)=[N+](CCCCS(=O)(=O)[O-])c2ccc(S(=O)(=O)O)cc21.[Na+].[Na+]. The molecule has 0 unspecified atom stereocenters. The van der Waals surface area contributed by atoms with Crippen LogP contribution in [0.4, 0.5) is 11.4 Å². The first-order chi connectivity index (χ1) is 29.6. The molecule has 0 spiro atoms. The fraction of sp³-hybridized carbons (Fsp3) is 0.364. The Labute approximate surface area is 430 Å². The van der Waals surface area contributed by atoms with E-state index in [2.05, 4.69) is 0 Å². The summed E-state index contributed by atoms with van der Waals surface area (Å²) in [6, 6.07) is 14.8. The number of carboxylic acids is 1. The number of unbranched alkanes of at least 4 members (excludes halogenated alkanes) is 2. The molecule has 0 amide bonds. The van der Waals surface area contributed by atoms with Gasteiger partial charge in [-0.25, -0.2) is 30.0 Å². The van der Waals surface area contributed by atoms with Crippen molar-refractivity contribution in [1.82, 2.24) is 0 Å². The zero-order chi connectivity index (χ0) is 47.2. The molecule has 3 aliphatic rings. The second-order valence-electron chi connectivity index (χ2n) is 17.0. The van der Waals surface area contributed by atoms with E-state index in [-0.39, 0.29) is 95.5 Å². The van der Waals surface area contributed by atoms with Gasteiger partial charge in [0.2, 0.25) is 5.69 Å². The Bertz CT molecular complexity index is 3050. The molecule has 0 atom stereocenters. The predicted octanol–water partition coefficient (Wildman–Crippen LogP) is -0.0175. The number of fused-ring (bicyclic) bond motifs is 2. The van der Waals surface area contributed by atoms with E-state index in [0.717, 1.165) is 16.7 Å². The maximum atomic E-state index is 12.2. The van der Waals surface area contributed by atoms with E-state index in [9.17, 15) is 61.8 Å². The molecule has 0 saturated heterocycles. The number of aromatic carboxylic acids is 1. The third-order valence-corrected chi connectivity index (χ3v) is 15.2. The molecular formula is C44H48N2Na2O14S4. The van der Waals surface area contributed by atoms with Gasteiger partial charge in [0.1, 0.15) is 16.7 Å². The standard InChI is InChI=1S/C44H50N2O14S4.2Na/c1-43(2)35-27-33(63(55,56)57)16-18-37(35)45(22-5-7-24-61(49,50)51)39(43)20-14-29-12-13-30(41(29)31-10-9-11-32(26-31)42(47)48)15-21-40-44(3,4)36-28-34(64(58,59)60)17-19-38(36)46(40)23-6-8-25-62(52,53)54;;/h9-11,14-21,26-28H,5-8,12-13,22-25H2,1-4H3,(H4-,47,48,49,50,51,52,53,54,55,56,57,58,59,60);;/q;2*+1/p-2. The third-order valence-electron chi connectivity index (χ3n) is 12.0. The quantitative estimate of drug-likeness (QED) is 0.0779. The molecule has 66 heavy (non-hydrogen) atoms. The minimum atomic E-state index is -4.81. The molecule has 0 saturated carbocycles. The van der Waals surface area contributed by atoms with Gasteiger partial charge in [-0.1, -0.05) is 38.1 Å². The summed E-state index contributed by atoms with van der Waals surface area (Å²) in [5.74, 6) is -2.26. The number of carboxylic acid groups (broad SMARTS) is 1. The van der Waals surface area contributed by atoms with Crippen molar-refractivity contribution < 1.29 is 125 Å². The molecule has 0 fully saturated rings. The van der Waals surface area contributed by atoms with Crippen LogP contribution in [0.2, 0.25) is 0 Å². The summed E-state index contributed by atoms with van der Waals surface area (Å²) in [6.07, 6.45) is 9.26. The number of allylic oxidation sites excluding steroid dienone is 8. The molecule has 2 N–H and O–H groups in total. The van der Waals surface area contributed by atoms with Crippen molar-refractivity contribution in [3.8, 4) is 0 Å². The smallest absolute Gasteiger partial charge is 0.748 e. The zero-order valence-electron chi connectivity index (χ0n) is 37.5. The van der Waals surface area contributed by atoms with E-state index in [0.29, 0.717) is 65.2 Å². The van der Waals surface area contributed by atoms with Crippen LogP contribution in [0.15, 0.2) is 112 Å². The van der Waals surface area contributed by atoms with Crippen LogP contribution in [0, 0.1) is 0 Å². The Morgan fingerprint density at radius 2 is 1.36 bits per heavy atom. The third kappa shape index (κ3) is 12.7. The van der Waals surface area contributed by atoms with Gasteiger partial charge in [0.25, 0.3) is 10.1 Å². The summed E-state index contributed by atoms with van der Waals surface area (Å²) in [7, 11) is -18.3. The Kier molecular flexibility index (Phi) is 17.8. The largest absolute Gasteiger partial charge is 1.00 e. The topological polar surface area (TPSA) is 270 Å². The molecule has 2 aliphatic heterocycles. The first kappa shape index (κ1) is 55.8. The van der Waals surface area contributed by atoms with E-state index in [4.69, 9.17) is 0 Å². The van der Waals surface area contributed by atoms with Crippen molar-refractivity contribution >= 4 is 69.1 Å². The Morgan fingerprint density at radius 3 is 1.97 bits per heavy atom. The van der Waals surface area contributed by atoms with Crippen molar-refractivity contribution in [3.05, 3.63) is 124 Å². The number of nitrogens with zero attached hydrogens (tertiary/aromatic N) is 2. The maximum Gasteiger partial charge on any atom is 1.00 e. The van der Waals surface area contributed by atoms with E-state index in [1.165, 1.54) is 36.4 Å². The molecule has 6 rings (SSSR count). The van der Waals surface area contributed by atoms with Gasteiger partial charge in [0.05, 0.1) is 41.0 Å². The van der Waals surface area contributed by atoms with E-state index < -0.39 is 73.7 Å². The fourth-order valence-corrected chi connectivity index (χ4v) is 10.9. The van der Waals surface area contributed by atoms with Crippen LogP contribution < -0.4 is 64.0 Å². The van der Waals surface area contributed by atoms with Crippen LogP contribution in [-0.2, 0) is 51.3 Å². The van der Waals surface area contributed by atoms with Crippen molar-refractivity contribution in [2.24, 2.45) is 0 Å². The molecule has 2 heterocycles. The molecule has 3 aromatic carbocycles. The maximum absolute atomic E-state index is 12.2. The Balaban J connectivity index is 0.00000476. The van der Waals surface area contributed by atoms with Gasteiger partial charge in [0.15, 0.2) is 5.71 Å². The van der Waals surface area contributed by atoms with Crippen LogP contribution in [0.1, 0.15) is 93.3 Å². The zero-order valence-corrected chi connectivity index (χ0v) is 44.7. The number of hydrogen-bond donors (Lipinski definition) is 2. The van der Waals surface area contributed by atoms with Gasteiger partial charge in [-0.15, -0.1) is 0 Å². The second-order valence-corrected chi connectivity index (χ2v) is 22.9. The van der Waals surface area contributed by atoms with Gasteiger partial charge in [-0.2, -0.15) is 13.0 Å². The molecule has 22 heteroatoms. The molecule has 0 aromatic heterocycles. The summed E-state index contributed by atoms with van der Waals surface area (Å²) < 4.78 is 141. The summed E-state index contributed by atoms with van der Waals surface area (Å²) in [6.45, 7) is 8.00. The fourth-order valence-electron chi connectivity index (χ4n) is 8.80. The molecule has 0 bridgehead atoms. The van der Waals surface area contributed by atoms with Crippen molar-refractivity contribution in [2.45, 2.75) is 86.8 Å². The van der Waals surface area contributed by atoms with Gasteiger partial charge >= 0.3 is 65.1 Å². The first-order valence-corrected chi connectivity index (χ1v) is 26.3. The van der Waals surface area contributed by atoms with Crippen molar-refractivity contribution in [2.75, 3.05) is 29.5 Å². The van der Waals surface area contributed by atoms with Crippen LogP contribution in [0.25, 0.3) is 5.57 Å². The Morgan fingerprint density at radius 1 is 0.742 bits per heavy atom. The van der Waals surface area contributed by atoms with Gasteiger partial charge in [-0.3, -0.25) is 4.55 Å². The minimum absolute atomic E-state index is 0. The van der Waals surface area contributed by atoms with Crippen LogP contribution in [0.3, 0.4) is 0 Å². The molecule has 0 radical (unpaired) electrons. The Hall–Kier alpha value is -2.80. The molecule has 1 aliphatic carbocycles. The van der Waals surface area contributed by atoms with Gasteiger partial charge in [-0.05, 0) is 122 Å². The van der Waals surface area contributed by atoms with Crippen molar-refractivity contribution in [1.29, 1.82) is 0 Å². The van der Waals surface area contributed by atoms with Gasteiger partial charge < -0.3 is 23.7 Å². The summed E-state index contributed by atoms with van der Waals surface area (Å²) in [5.41, 5.74) is 5.04. The predicted molar refractivity (Wildman–Crippen MR) is 236 cm³/mol. The van der Waals surface area contributed by atoms with Crippen LogP contribution >= 0.6 is 0 Å². The number of anilines is 1. The summed E-state index contributed by atoms with van der Waals surface area (Å²) >= 11 is 0. The van der Waals surface area contributed by atoms with E-state index in [1.54, 1.807) is 24.3 Å². The molecule has 344 valence electrons. The number of benzene rings is 3. The molecular weight excluding hydrogens is 955 g/mol. The molecule has 16 nitrogen and oxygen atoms in total. The number of carbonyl (C=O) groups is 1. The minimum Gasteiger partial charge on any atom is -0.748 e. The van der Waals surface area contributed by atoms with Crippen LogP contribution in [0.5, 0.6) is 0 Å². The van der Waals surface area contributed by atoms with Gasteiger partial charge in [0, 0.05) is 59.0 Å². The second kappa shape index (κ2) is 21.1. The molecule has 3 aromatic rings. The van der Waals surface area contributed by atoms with Crippen molar-refractivity contribution in [3.63, 3.8) is 0 Å². The monoisotopic (exact) mass is 1000 g/mol. The average Bonchev–Trinajstić information content (AvgIpc) is 3.76. The van der Waals surface area contributed by atoms with E-state index in [1.807, 2.05) is 61.5 Å². The number of rotatable bonds is 17. The van der Waals surface area contributed by atoms with E-state index >= 15 is 0 Å². The summed E-state index contributed by atoms with van der Waals surface area (Å²) in [5, 5.41) is 9.95. The summed E-state index contributed by atoms with van der Waals surface area (Å²) in [4.78, 5) is 13.4. The van der Waals surface area contributed by atoms with Crippen LogP contribution in [-0.4, -0.2) is 97.8 Å².